The Morgan fingerprint density at radius 1 is 1.58 bits per heavy atom. The van der Waals surface area contributed by atoms with E-state index in [-0.39, 0.29) is 0 Å². The summed E-state index contributed by atoms with van der Waals surface area (Å²) in [5, 5.41) is 6.35. The Bertz CT molecular complexity index is 297. The first-order valence-electron chi connectivity index (χ1n) is 3.07. The van der Waals surface area contributed by atoms with Crippen molar-refractivity contribution in [1.29, 1.82) is 0 Å². The molecule has 0 aliphatic rings. The maximum absolute atomic E-state index is 11.1. The van der Waals surface area contributed by atoms with Crippen molar-refractivity contribution in [2.45, 2.75) is 0 Å². The average molecular weight is 282 g/mol. The van der Waals surface area contributed by atoms with E-state index in [2.05, 4.69) is 14.9 Å². The first-order valence-corrected chi connectivity index (χ1v) is 4.14. The topological polar surface area (TPSA) is 64.2 Å². The van der Waals surface area contributed by atoms with Gasteiger partial charge in [0.1, 0.15) is 3.70 Å². The minimum atomic E-state index is -0.454. The fourth-order valence-electron chi connectivity index (χ4n) is 0.732. The number of methoxy groups -OCH3 is 2. The quantitative estimate of drug-likeness (QED) is 0.644. The third-order valence-electron chi connectivity index (χ3n) is 1.28. The number of aromatic amines is 1. The lowest BCUT2D eigenvalue weighted by Gasteiger charge is -1.98. The van der Waals surface area contributed by atoms with Crippen LogP contribution in [0.1, 0.15) is 10.4 Å². The Morgan fingerprint density at radius 2 is 2.25 bits per heavy atom. The summed E-state index contributed by atoms with van der Waals surface area (Å²) in [6.07, 6.45) is 0. The predicted molar refractivity (Wildman–Crippen MR) is 49.2 cm³/mol. The number of carbonyl (C=O) groups is 1. The molecule has 0 amide bonds. The molecule has 0 saturated heterocycles. The van der Waals surface area contributed by atoms with Crippen LogP contribution in [0.4, 0.5) is 0 Å². The van der Waals surface area contributed by atoms with Crippen molar-refractivity contribution in [2.24, 2.45) is 0 Å². The highest BCUT2D eigenvalue weighted by molar-refractivity contribution is 14.1. The average Bonchev–Trinajstić information content (AvgIpc) is 2.45. The molecule has 1 heterocycles. The van der Waals surface area contributed by atoms with Crippen LogP contribution < -0.4 is 4.74 Å². The van der Waals surface area contributed by atoms with Crippen molar-refractivity contribution in [1.82, 2.24) is 10.2 Å². The van der Waals surface area contributed by atoms with E-state index in [4.69, 9.17) is 4.74 Å². The summed E-state index contributed by atoms with van der Waals surface area (Å²) in [6, 6.07) is 0. The Morgan fingerprint density at radius 3 is 2.75 bits per heavy atom. The fourth-order valence-corrected chi connectivity index (χ4v) is 1.32. The Balaban J connectivity index is 3.10. The van der Waals surface area contributed by atoms with Crippen LogP contribution in [0.25, 0.3) is 0 Å². The molecule has 0 saturated carbocycles. The number of carbonyl (C=O) groups excluding carboxylic acids is 1. The molecule has 6 heteroatoms. The number of esters is 1. The van der Waals surface area contributed by atoms with E-state index in [1.165, 1.54) is 14.2 Å². The molecular weight excluding hydrogens is 275 g/mol. The molecule has 0 fully saturated rings. The second kappa shape index (κ2) is 3.74. The molecule has 0 aliphatic heterocycles. The summed E-state index contributed by atoms with van der Waals surface area (Å²) in [4.78, 5) is 11.1. The molecule has 66 valence electrons. The van der Waals surface area contributed by atoms with Crippen LogP contribution in [-0.4, -0.2) is 30.4 Å². The van der Waals surface area contributed by atoms with E-state index in [0.717, 1.165) is 0 Å². The van der Waals surface area contributed by atoms with Gasteiger partial charge in [-0.25, -0.2) is 9.89 Å². The van der Waals surface area contributed by atoms with E-state index in [9.17, 15) is 4.79 Å². The normalized spacial score (nSPS) is 9.58. The molecule has 1 aromatic heterocycles. The molecule has 0 aliphatic carbocycles. The Hall–Kier alpha value is -0.790. The van der Waals surface area contributed by atoms with Crippen LogP contribution in [0, 0.1) is 3.70 Å². The number of aromatic nitrogens is 2. The van der Waals surface area contributed by atoms with E-state index in [1.807, 2.05) is 22.6 Å². The zero-order chi connectivity index (χ0) is 9.14. The van der Waals surface area contributed by atoms with E-state index in [0.29, 0.717) is 15.1 Å². The van der Waals surface area contributed by atoms with Crippen molar-refractivity contribution in [3.8, 4) is 5.88 Å². The zero-order valence-corrected chi connectivity index (χ0v) is 8.71. The Kier molecular flexibility index (Phi) is 2.90. The lowest BCUT2D eigenvalue weighted by molar-refractivity contribution is 0.0596. The number of nitrogens with one attached hydrogen (secondary N) is 1. The lowest BCUT2D eigenvalue weighted by atomic mass is 10.3. The van der Waals surface area contributed by atoms with Crippen LogP contribution >= 0.6 is 22.6 Å². The molecular formula is C6H7IN2O3. The largest absolute Gasteiger partial charge is 0.481 e. The first kappa shape index (κ1) is 9.30. The van der Waals surface area contributed by atoms with E-state index in [1.54, 1.807) is 0 Å². The third kappa shape index (κ3) is 1.52. The molecule has 0 spiro atoms. The standard InChI is InChI=1S/C6H7IN2O3/c1-11-5-3(6(10)12-2)4(7)8-9-5/h1-2H3,(H,8,9). The molecule has 12 heavy (non-hydrogen) atoms. The molecule has 1 N–H and O–H groups in total. The van der Waals surface area contributed by atoms with Crippen molar-refractivity contribution >= 4 is 28.6 Å². The van der Waals surface area contributed by atoms with Gasteiger partial charge in [-0.1, -0.05) is 0 Å². The summed E-state index contributed by atoms with van der Waals surface area (Å²) in [6.45, 7) is 0. The molecule has 0 atom stereocenters. The summed E-state index contributed by atoms with van der Waals surface area (Å²) in [5.74, 6) is -0.128. The minimum absolute atomic E-state index is 0.325. The Labute approximate surface area is 82.6 Å². The van der Waals surface area contributed by atoms with Gasteiger partial charge in [-0.15, -0.1) is 0 Å². The van der Waals surface area contributed by atoms with E-state index >= 15 is 0 Å². The lowest BCUT2D eigenvalue weighted by Crippen LogP contribution is -2.03. The maximum Gasteiger partial charge on any atom is 0.346 e. The van der Waals surface area contributed by atoms with Gasteiger partial charge in [-0.2, -0.15) is 5.10 Å². The van der Waals surface area contributed by atoms with Gasteiger partial charge in [0, 0.05) is 0 Å². The smallest absolute Gasteiger partial charge is 0.346 e. The van der Waals surface area contributed by atoms with Crippen molar-refractivity contribution in [3.05, 3.63) is 9.26 Å². The SMILES string of the molecule is COC(=O)c1c(I)n[nH]c1OC. The molecule has 0 aromatic carbocycles. The predicted octanol–water partition coefficient (Wildman–Crippen LogP) is 0.809. The number of ether oxygens (including phenoxy) is 2. The summed E-state index contributed by atoms with van der Waals surface area (Å²) >= 11 is 1.92. The summed E-state index contributed by atoms with van der Waals surface area (Å²) < 4.78 is 9.94. The second-order valence-corrected chi connectivity index (χ2v) is 2.94. The van der Waals surface area contributed by atoms with Crippen LogP contribution in [0.15, 0.2) is 0 Å². The fraction of sp³-hybridized carbons (Fsp3) is 0.333. The molecule has 0 radical (unpaired) electrons. The number of rotatable bonds is 2. The van der Waals surface area contributed by atoms with Gasteiger partial charge in [0.25, 0.3) is 0 Å². The molecule has 1 aromatic rings. The maximum atomic E-state index is 11.1. The third-order valence-corrected chi connectivity index (χ3v) is 2.06. The number of hydrogen-bond donors (Lipinski definition) is 1. The first-order chi connectivity index (χ1) is 5.70. The molecule has 1 rings (SSSR count). The number of nitrogens with zero attached hydrogens (tertiary/aromatic N) is 1. The number of halogens is 1. The summed E-state index contributed by atoms with van der Waals surface area (Å²) in [5.41, 5.74) is 0.334. The van der Waals surface area contributed by atoms with Gasteiger partial charge in [0.15, 0.2) is 5.56 Å². The minimum Gasteiger partial charge on any atom is -0.481 e. The van der Waals surface area contributed by atoms with Crippen LogP contribution in [-0.2, 0) is 4.74 Å². The van der Waals surface area contributed by atoms with Crippen LogP contribution in [0.5, 0.6) is 5.88 Å². The second-order valence-electron chi connectivity index (χ2n) is 1.91. The number of hydrogen-bond acceptors (Lipinski definition) is 4. The van der Waals surface area contributed by atoms with Gasteiger partial charge in [-0.05, 0) is 22.6 Å². The van der Waals surface area contributed by atoms with Crippen molar-refractivity contribution < 1.29 is 14.3 Å². The van der Waals surface area contributed by atoms with Gasteiger partial charge < -0.3 is 9.47 Å². The molecule has 5 nitrogen and oxygen atoms in total. The van der Waals surface area contributed by atoms with Gasteiger partial charge in [-0.3, -0.25) is 0 Å². The van der Waals surface area contributed by atoms with Gasteiger partial charge in [0.2, 0.25) is 5.88 Å². The van der Waals surface area contributed by atoms with Crippen molar-refractivity contribution in [2.75, 3.05) is 14.2 Å². The van der Waals surface area contributed by atoms with Crippen LogP contribution in [0.2, 0.25) is 0 Å². The highest BCUT2D eigenvalue weighted by Gasteiger charge is 2.19. The zero-order valence-electron chi connectivity index (χ0n) is 6.55. The molecule has 0 unspecified atom stereocenters. The highest BCUT2D eigenvalue weighted by Crippen LogP contribution is 2.20. The van der Waals surface area contributed by atoms with Gasteiger partial charge in [0.05, 0.1) is 14.2 Å². The number of H-pyrrole nitrogens is 1. The van der Waals surface area contributed by atoms with Crippen LogP contribution in [0.3, 0.4) is 0 Å². The monoisotopic (exact) mass is 282 g/mol. The van der Waals surface area contributed by atoms with Gasteiger partial charge >= 0.3 is 5.97 Å². The van der Waals surface area contributed by atoms with Crippen molar-refractivity contribution in [3.63, 3.8) is 0 Å². The van der Waals surface area contributed by atoms with E-state index < -0.39 is 5.97 Å². The molecule has 0 bridgehead atoms. The highest BCUT2D eigenvalue weighted by atomic mass is 127. The summed E-state index contributed by atoms with van der Waals surface area (Å²) in [7, 11) is 2.76.